The van der Waals surface area contributed by atoms with E-state index in [9.17, 15) is 4.79 Å². The Hall–Kier alpha value is -0.770. The molecule has 2 N–H and O–H groups in total. The Bertz CT molecular complexity index is 210. The van der Waals surface area contributed by atoms with Gasteiger partial charge in [-0.2, -0.15) is 0 Å². The van der Waals surface area contributed by atoms with E-state index in [1.165, 1.54) is 0 Å². The Morgan fingerprint density at radius 3 is 2.71 bits per heavy atom. The third-order valence-electron chi connectivity index (χ3n) is 2.86. The largest absolute Gasteiger partial charge is 0.446 e. The van der Waals surface area contributed by atoms with Crippen LogP contribution in [-0.2, 0) is 4.74 Å². The lowest BCUT2D eigenvalue weighted by Crippen LogP contribution is -2.40. The molecule has 2 saturated carbocycles. The fourth-order valence-electron chi connectivity index (χ4n) is 1.81. The number of hydrogen-bond donors (Lipinski definition) is 2. The van der Waals surface area contributed by atoms with Crippen LogP contribution in [0.15, 0.2) is 0 Å². The van der Waals surface area contributed by atoms with E-state index in [1.54, 1.807) is 0 Å². The highest BCUT2D eigenvalue weighted by Gasteiger charge is 2.32. The molecule has 4 heteroatoms. The first kappa shape index (κ1) is 9.77. The number of carbonyl (C=O) groups is 1. The maximum absolute atomic E-state index is 11.2. The molecule has 0 heterocycles. The molecular weight excluding hydrogens is 180 g/mol. The van der Waals surface area contributed by atoms with Gasteiger partial charge in [0, 0.05) is 6.04 Å². The van der Waals surface area contributed by atoms with Crippen molar-refractivity contribution in [1.29, 1.82) is 0 Å². The topological polar surface area (TPSA) is 50.4 Å². The molecule has 0 atom stereocenters. The van der Waals surface area contributed by atoms with Crippen molar-refractivity contribution in [1.82, 2.24) is 10.6 Å². The summed E-state index contributed by atoms with van der Waals surface area (Å²) in [5, 5.41) is 5.95. The third kappa shape index (κ3) is 2.61. The SMILES string of the molecule is CNCC1CC(OC(=O)NC2CC2)C1. The molecule has 80 valence electrons. The maximum atomic E-state index is 11.2. The Kier molecular flexibility index (Phi) is 2.91. The van der Waals surface area contributed by atoms with Gasteiger partial charge >= 0.3 is 6.09 Å². The molecule has 0 aliphatic heterocycles. The van der Waals surface area contributed by atoms with E-state index in [2.05, 4.69) is 10.6 Å². The third-order valence-corrected chi connectivity index (χ3v) is 2.86. The Morgan fingerprint density at radius 2 is 2.14 bits per heavy atom. The molecular formula is C10H18N2O2. The number of hydrogen-bond acceptors (Lipinski definition) is 3. The second-order valence-electron chi connectivity index (χ2n) is 4.34. The van der Waals surface area contributed by atoms with E-state index in [-0.39, 0.29) is 12.2 Å². The maximum Gasteiger partial charge on any atom is 0.407 e. The number of rotatable bonds is 4. The molecule has 1 amide bonds. The van der Waals surface area contributed by atoms with Crippen molar-refractivity contribution in [2.24, 2.45) is 5.92 Å². The average Bonchev–Trinajstić information content (AvgIpc) is 2.84. The van der Waals surface area contributed by atoms with Crippen LogP contribution in [0.4, 0.5) is 4.79 Å². The standard InChI is InChI=1S/C10H18N2O2/c1-11-6-7-4-9(5-7)14-10(13)12-8-2-3-8/h7-9,11H,2-6H2,1H3,(H,12,13). The average molecular weight is 198 g/mol. The highest BCUT2D eigenvalue weighted by Crippen LogP contribution is 2.29. The van der Waals surface area contributed by atoms with E-state index < -0.39 is 0 Å². The van der Waals surface area contributed by atoms with Crippen LogP contribution in [0.5, 0.6) is 0 Å². The van der Waals surface area contributed by atoms with E-state index >= 15 is 0 Å². The molecule has 0 saturated heterocycles. The van der Waals surface area contributed by atoms with Crippen LogP contribution >= 0.6 is 0 Å². The molecule has 2 aliphatic carbocycles. The molecule has 14 heavy (non-hydrogen) atoms. The van der Waals surface area contributed by atoms with Crippen molar-refractivity contribution in [3.63, 3.8) is 0 Å². The first-order chi connectivity index (χ1) is 6.78. The van der Waals surface area contributed by atoms with Gasteiger partial charge < -0.3 is 15.4 Å². The second kappa shape index (κ2) is 4.17. The first-order valence-corrected chi connectivity index (χ1v) is 5.39. The fraction of sp³-hybridized carbons (Fsp3) is 0.900. The summed E-state index contributed by atoms with van der Waals surface area (Å²) in [5.41, 5.74) is 0. The Balaban J connectivity index is 1.56. The van der Waals surface area contributed by atoms with Crippen LogP contribution in [0.2, 0.25) is 0 Å². The summed E-state index contributed by atoms with van der Waals surface area (Å²) in [7, 11) is 1.95. The van der Waals surface area contributed by atoms with Gasteiger partial charge in [0.25, 0.3) is 0 Å². The predicted molar refractivity (Wildman–Crippen MR) is 53.1 cm³/mol. The van der Waals surface area contributed by atoms with Crippen LogP contribution in [0.3, 0.4) is 0 Å². The lowest BCUT2D eigenvalue weighted by Gasteiger charge is -2.34. The highest BCUT2D eigenvalue weighted by atomic mass is 16.6. The van der Waals surface area contributed by atoms with Gasteiger partial charge in [0.15, 0.2) is 0 Å². The smallest absolute Gasteiger partial charge is 0.407 e. The van der Waals surface area contributed by atoms with Gasteiger partial charge in [-0.15, -0.1) is 0 Å². The highest BCUT2D eigenvalue weighted by molar-refractivity contribution is 5.68. The molecule has 0 spiro atoms. The van der Waals surface area contributed by atoms with Crippen LogP contribution in [0, 0.1) is 5.92 Å². The van der Waals surface area contributed by atoms with Crippen molar-refractivity contribution in [3.8, 4) is 0 Å². The summed E-state index contributed by atoms with van der Waals surface area (Å²) in [4.78, 5) is 11.2. The van der Waals surface area contributed by atoms with E-state index in [0.29, 0.717) is 12.0 Å². The van der Waals surface area contributed by atoms with Crippen molar-refractivity contribution in [2.75, 3.05) is 13.6 Å². The van der Waals surface area contributed by atoms with Crippen LogP contribution in [-0.4, -0.2) is 31.8 Å². The fourth-order valence-corrected chi connectivity index (χ4v) is 1.81. The molecule has 4 nitrogen and oxygen atoms in total. The molecule has 0 aromatic carbocycles. The molecule has 0 radical (unpaired) electrons. The molecule has 2 rings (SSSR count). The summed E-state index contributed by atoms with van der Waals surface area (Å²) in [5.74, 6) is 0.693. The van der Waals surface area contributed by atoms with Crippen LogP contribution in [0.25, 0.3) is 0 Å². The number of amides is 1. The van der Waals surface area contributed by atoms with E-state index in [0.717, 1.165) is 32.2 Å². The minimum absolute atomic E-state index is 0.159. The van der Waals surface area contributed by atoms with Gasteiger partial charge in [-0.25, -0.2) is 4.79 Å². The summed E-state index contributed by atoms with van der Waals surface area (Å²) < 4.78 is 5.24. The number of ether oxygens (including phenoxy) is 1. The van der Waals surface area contributed by atoms with Gasteiger partial charge in [-0.3, -0.25) is 0 Å². The monoisotopic (exact) mass is 198 g/mol. The predicted octanol–water partition coefficient (Wildman–Crippen LogP) is 0.873. The molecule has 0 bridgehead atoms. The zero-order chi connectivity index (χ0) is 9.97. The number of nitrogens with one attached hydrogen (secondary N) is 2. The van der Waals surface area contributed by atoms with Gasteiger partial charge in [0.1, 0.15) is 6.10 Å². The van der Waals surface area contributed by atoms with Gasteiger partial charge in [-0.1, -0.05) is 0 Å². The van der Waals surface area contributed by atoms with Gasteiger partial charge in [-0.05, 0) is 45.2 Å². The summed E-state index contributed by atoms with van der Waals surface area (Å²) >= 11 is 0. The zero-order valence-electron chi connectivity index (χ0n) is 8.58. The minimum atomic E-state index is -0.222. The lowest BCUT2D eigenvalue weighted by atomic mass is 9.82. The van der Waals surface area contributed by atoms with Crippen molar-refractivity contribution in [2.45, 2.75) is 37.8 Å². The van der Waals surface area contributed by atoms with Crippen LogP contribution in [0.1, 0.15) is 25.7 Å². The van der Waals surface area contributed by atoms with Crippen LogP contribution < -0.4 is 10.6 Å². The van der Waals surface area contributed by atoms with Crippen molar-refractivity contribution in [3.05, 3.63) is 0 Å². The summed E-state index contributed by atoms with van der Waals surface area (Å²) in [6.07, 6.45) is 4.19. The molecule has 2 aliphatic rings. The molecule has 2 fully saturated rings. The van der Waals surface area contributed by atoms with Gasteiger partial charge in [0.2, 0.25) is 0 Å². The molecule has 0 aromatic heterocycles. The van der Waals surface area contributed by atoms with Crippen molar-refractivity contribution >= 4 is 6.09 Å². The lowest BCUT2D eigenvalue weighted by molar-refractivity contribution is 0.0180. The molecule has 0 unspecified atom stereocenters. The Morgan fingerprint density at radius 1 is 1.43 bits per heavy atom. The Labute approximate surface area is 84.4 Å². The van der Waals surface area contributed by atoms with Crippen molar-refractivity contribution < 1.29 is 9.53 Å². The van der Waals surface area contributed by atoms with E-state index in [1.807, 2.05) is 7.05 Å². The second-order valence-corrected chi connectivity index (χ2v) is 4.34. The molecule has 0 aromatic rings. The minimum Gasteiger partial charge on any atom is -0.446 e. The quantitative estimate of drug-likeness (QED) is 0.705. The first-order valence-electron chi connectivity index (χ1n) is 5.39. The van der Waals surface area contributed by atoms with E-state index in [4.69, 9.17) is 4.74 Å². The number of alkyl carbamates (subject to hydrolysis) is 1. The normalized spacial score (nSPS) is 30.6. The summed E-state index contributed by atoms with van der Waals surface area (Å²) in [6.45, 7) is 1.03. The summed E-state index contributed by atoms with van der Waals surface area (Å²) in [6, 6.07) is 0.399. The van der Waals surface area contributed by atoms with Gasteiger partial charge in [0.05, 0.1) is 0 Å². The number of carbonyl (C=O) groups excluding carboxylic acids is 1. The zero-order valence-corrected chi connectivity index (χ0v) is 8.58.